The first-order valence-corrected chi connectivity index (χ1v) is 16.6. The van der Waals surface area contributed by atoms with Gasteiger partial charge in [0.25, 0.3) is 0 Å². The van der Waals surface area contributed by atoms with Crippen LogP contribution in [0.25, 0.3) is 100 Å². The molecule has 50 heavy (non-hydrogen) atoms. The molecule has 0 aliphatic rings. The van der Waals surface area contributed by atoms with E-state index in [1.165, 1.54) is 0 Å². The highest BCUT2D eigenvalue weighted by Crippen LogP contribution is 2.38. The van der Waals surface area contributed by atoms with Crippen LogP contribution in [0.2, 0.25) is 0 Å². The fraction of sp³-hybridized carbons (Fsp3) is 0. The zero-order valence-electron chi connectivity index (χ0n) is 26.7. The number of rotatable bonds is 5. The van der Waals surface area contributed by atoms with Crippen LogP contribution in [0.15, 0.2) is 173 Å². The van der Waals surface area contributed by atoms with Crippen LogP contribution in [0.3, 0.4) is 0 Å². The Kier molecular flexibility index (Phi) is 6.42. The number of para-hydroxylation sites is 1. The van der Waals surface area contributed by atoms with Gasteiger partial charge in [0.1, 0.15) is 22.3 Å². The lowest BCUT2D eigenvalue weighted by molar-refractivity contribution is 0.656. The van der Waals surface area contributed by atoms with Gasteiger partial charge in [0.15, 0.2) is 17.5 Å². The smallest absolute Gasteiger partial charge is 0.164 e. The quantitative estimate of drug-likeness (QED) is 0.187. The third kappa shape index (κ3) is 4.75. The summed E-state index contributed by atoms with van der Waals surface area (Å²) in [6, 6.07) is 55.8. The van der Waals surface area contributed by atoms with Gasteiger partial charge >= 0.3 is 0 Å². The number of aromatic nitrogens is 3. The van der Waals surface area contributed by atoms with Crippen LogP contribution in [0.4, 0.5) is 0 Å². The van der Waals surface area contributed by atoms with Crippen molar-refractivity contribution in [3.05, 3.63) is 164 Å². The van der Waals surface area contributed by atoms with Crippen molar-refractivity contribution in [3.63, 3.8) is 0 Å². The normalized spacial score (nSPS) is 11.6. The first kappa shape index (κ1) is 28.2. The van der Waals surface area contributed by atoms with Crippen LogP contribution >= 0.6 is 0 Å². The molecule has 5 heteroatoms. The summed E-state index contributed by atoms with van der Waals surface area (Å²) in [6.07, 6.45) is 0. The van der Waals surface area contributed by atoms with Gasteiger partial charge in [0.05, 0.1) is 0 Å². The fourth-order valence-electron chi connectivity index (χ4n) is 6.88. The van der Waals surface area contributed by atoms with E-state index in [2.05, 4.69) is 91.0 Å². The second-order valence-corrected chi connectivity index (χ2v) is 12.4. The summed E-state index contributed by atoms with van der Waals surface area (Å²) in [6.45, 7) is 0. The third-order valence-electron chi connectivity index (χ3n) is 9.37. The maximum absolute atomic E-state index is 6.27. The molecule has 7 aromatic carbocycles. The predicted molar refractivity (Wildman–Crippen MR) is 202 cm³/mol. The van der Waals surface area contributed by atoms with Gasteiger partial charge in [-0.15, -0.1) is 0 Å². The molecule has 5 nitrogen and oxygen atoms in total. The number of nitrogens with zero attached hydrogens (tertiary/aromatic N) is 3. The summed E-state index contributed by atoms with van der Waals surface area (Å²) >= 11 is 0. The highest BCUT2D eigenvalue weighted by molar-refractivity contribution is 6.15. The van der Waals surface area contributed by atoms with Crippen molar-refractivity contribution >= 4 is 43.9 Å². The average Bonchev–Trinajstić information content (AvgIpc) is 3.74. The standard InChI is InChI=1S/C45H27N3O2/c1-3-11-29(12-4-1)33-15-7-8-17-35(33)45-47-43(30-13-5-2-6-14-30)46-44(48-45)31-21-19-28(20-22-31)32-23-24-40-36(25-32)38-26-37-34-16-9-10-18-39(34)49-41(37)27-42(38)50-40/h1-27H. The lowest BCUT2D eigenvalue weighted by atomic mass is 9.99. The molecule has 0 bridgehead atoms. The lowest BCUT2D eigenvalue weighted by Crippen LogP contribution is -2.01. The molecule has 0 saturated carbocycles. The minimum absolute atomic E-state index is 0.621. The molecule has 0 atom stereocenters. The second kappa shape index (κ2) is 11.4. The fourth-order valence-corrected chi connectivity index (χ4v) is 6.88. The monoisotopic (exact) mass is 641 g/mol. The van der Waals surface area contributed by atoms with E-state index in [4.69, 9.17) is 23.8 Å². The molecular weight excluding hydrogens is 615 g/mol. The molecule has 0 N–H and O–H groups in total. The maximum atomic E-state index is 6.27. The molecule has 0 unspecified atom stereocenters. The zero-order chi connectivity index (χ0) is 33.0. The second-order valence-electron chi connectivity index (χ2n) is 12.4. The van der Waals surface area contributed by atoms with Crippen LogP contribution in [-0.2, 0) is 0 Å². The predicted octanol–water partition coefficient (Wildman–Crippen LogP) is 12.0. The van der Waals surface area contributed by atoms with Crippen LogP contribution < -0.4 is 0 Å². The maximum Gasteiger partial charge on any atom is 0.164 e. The topological polar surface area (TPSA) is 65.0 Å². The number of benzene rings is 7. The van der Waals surface area contributed by atoms with Crippen molar-refractivity contribution in [1.82, 2.24) is 15.0 Å². The van der Waals surface area contributed by atoms with E-state index in [1.54, 1.807) is 0 Å². The summed E-state index contributed by atoms with van der Waals surface area (Å²) in [5, 5.41) is 4.33. The SMILES string of the molecule is c1ccc(-c2nc(-c3ccc(-c4ccc5oc6cc7oc8ccccc8c7cc6c5c4)cc3)nc(-c3ccccc3-c3ccccc3)n2)cc1. The van der Waals surface area contributed by atoms with Gasteiger partial charge in [-0.25, -0.2) is 15.0 Å². The molecule has 0 spiro atoms. The van der Waals surface area contributed by atoms with Crippen molar-refractivity contribution in [1.29, 1.82) is 0 Å². The molecule has 0 saturated heterocycles. The van der Waals surface area contributed by atoms with Gasteiger partial charge in [-0.05, 0) is 46.5 Å². The van der Waals surface area contributed by atoms with E-state index in [9.17, 15) is 0 Å². The van der Waals surface area contributed by atoms with Crippen molar-refractivity contribution in [3.8, 4) is 56.4 Å². The molecule has 0 fully saturated rings. The van der Waals surface area contributed by atoms with E-state index >= 15 is 0 Å². The van der Waals surface area contributed by atoms with Crippen LogP contribution in [0, 0.1) is 0 Å². The van der Waals surface area contributed by atoms with Crippen molar-refractivity contribution in [2.75, 3.05) is 0 Å². The van der Waals surface area contributed by atoms with Crippen LogP contribution in [-0.4, -0.2) is 15.0 Å². The average molecular weight is 642 g/mol. The van der Waals surface area contributed by atoms with E-state index in [-0.39, 0.29) is 0 Å². The molecule has 10 rings (SSSR count). The lowest BCUT2D eigenvalue weighted by Gasteiger charge is -2.12. The van der Waals surface area contributed by atoms with Gasteiger partial charge in [0, 0.05) is 44.3 Å². The summed E-state index contributed by atoms with van der Waals surface area (Å²) < 4.78 is 12.4. The largest absolute Gasteiger partial charge is 0.456 e. The zero-order valence-corrected chi connectivity index (χ0v) is 26.7. The highest BCUT2D eigenvalue weighted by atomic mass is 16.3. The summed E-state index contributed by atoms with van der Waals surface area (Å²) in [4.78, 5) is 15.0. The van der Waals surface area contributed by atoms with E-state index in [0.717, 1.165) is 82.8 Å². The Morgan fingerprint density at radius 1 is 0.280 bits per heavy atom. The van der Waals surface area contributed by atoms with Crippen molar-refractivity contribution in [2.24, 2.45) is 0 Å². The Hall–Kier alpha value is -6.85. The molecular formula is C45H27N3O2. The molecule has 3 heterocycles. The van der Waals surface area contributed by atoms with Gasteiger partial charge in [-0.1, -0.05) is 133 Å². The Labute approximate surface area is 287 Å². The number of hydrogen-bond acceptors (Lipinski definition) is 5. The first-order valence-electron chi connectivity index (χ1n) is 16.6. The van der Waals surface area contributed by atoms with E-state index in [0.29, 0.717) is 17.5 Å². The van der Waals surface area contributed by atoms with Gasteiger partial charge in [-0.2, -0.15) is 0 Å². The van der Waals surface area contributed by atoms with Crippen molar-refractivity contribution in [2.45, 2.75) is 0 Å². The Morgan fingerprint density at radius 2 is 0.780 bits per heavy atom. The molecule has 0 aliphatic heterocycles. The van der Waals surface area contributed by atoms with E-state index in [1.807, 2.05) is 72.8 Å². The first-order chi connectivity index (χ1) is 24.7. The minimum atomic E-state index is 0.621. The summed E-state index contributed by atoms with van der Waals surface area (Å²) in [7, 11) is 0. The highest BCUT2D eigenvalue weighted by Gasteiger charge is 2.17. The number of hydrogen-bond donors (Lipinski definition) is 0. The van der Waals surface area contributed by atoms with Gasteiger partial charge < -0.3 is 8.83 Å². The molecule has 0 amide bonds. The van der Waals surface area contributed by atoms with Gasteiger partial charge in [0.2, 0.25) is 0 Å². The van der Waals surface area contributed by atoms with E-state index < -0.39 is 0 Å². The minimum Gasteiger partial charge on any atom is -0.456 e. The third-order valence-corrected chi connectivity index (χ3v) is 9.37. The van der Waals surface area contributed by atoms with Gasteiger partial charge in [-0.3, -0.25) is 0 Å². The molecule has 0 aliphatic carbocycles. The van der Waals surface area contributed by atoms with Crippen LogP contribution in [0.5, 0.6) is 0 Å². The van der Waals surface area contributed by atoms with Crippen molar-refractivity contribution < 1.29 is 8.83 Å². The molecule has 10 aromatic rings. The Bertz CT molecular complexity index is 2850. The van der Waals surface area contributed by atoms with Crippen LogP contribution in [0.1, 0.15) is 0 Å². The molecule has 234 valence electrons. The summed E-state index contributed by atoms with van der Waals surface area (Å²) in [5.74, 6) is 1.89. The molecule has 3 aromatic heterocycles. The molecule has 0 radical (unpaired) electrons. The number of furan rings is 2. The Balaban J connectivity index is 1.06. The number of fused-ring (bicyclic) bond motifs is 6. The Morgan fingerprint density at radius 3 is 1.52 bits per heavy atom. The summed E-state index contributed by atoms with van der Waals surface area (Å²) in [5.41, 5.74) is 10.5.